The van der Waals surface area contributed by atoms with Crippen molar-refractivity contribution in [1.29, 1.82) is 0 Å². The summed E-state index contributed by atoms with van der Waals surface area (Å²) in [7, 11) is 0. The lowest BCUT2D eigenvalue weighted by Gasteiger charge is -2.27. The Morgan fingerprint density at radius 1 is 1.24 bits per heavy atom. The molecule has 0 radical (unpaired) electrons. The average Bonchev–Trinajstić information content (AvgIpc) is 3.22. The van der Waals surface area contributed by atoms with Gasteiger partial charge in [0.1, 0.15) is 0 Å². The Balaban J connectivity index is 1.39. The maximum absolute atomic E-state index is 12.8. The van der Waals surface area contributed by atoms with Gasteiger partial charge in [-0.2, -0.15) is 0 Å². The van der Waals surface area contributed by atoms with E-state index in [0.29, 0.717) is 5.16 Å². The van der Waals surface area contributed by atoms with E-state index in [1.807, 2.05) is 25.1 Å². The number of rotatable bonds is 6. The van der Waals surface area contributed by atoms with E-state index < -0.39 is 0 Å². The number of hydrogen-bond acceptors (Lipinski definition) is 4. The molecule has 1 aliphatic carbocycles. The maximum atomic E-state index is 12.8. The van der Waals surface area contributed by atoms with Crippen molar-refractivity contribution >= 4 is 17.7 Å². The fourth-order valence-electron chi connectivity index (χ4n) is 3.73. The summed E-state index contributed by atoms with van der Waals surface area (Å²) in [4.78, 5) is 17.3. The number of hydrogen-bond donors (Lipinski definition) is 2. The third-order valence-electron chi connectivity index (χ3n) is 5.44. The van der Waals surface area contributed by atoms with Gasteiger partial charge >= 0.3 is 0 Å². The van der Waals surface area contributed by atoms with E-state index >= 15 is 0 Å². The maximum Gasteiger partial charge on any atom is 0.233 e. The first-order valence-electron chi connectivity index (χ1n) is 10.2. The molecule has 2 atom stereocenters. The smallest absolute Gasteiger partial charge is 0.233 e. The zero-order valence-corrected chi connectivity index (χ0v) is 17.6. The van der Waals surface area contributed by atoms with E-state index in [2.05, 4.69) is 57.8 Å². The second-order valence-electron chi connectivity index (χ2n) is 7.43. The Morgan fingerprint density at radius 2 is 2.03 bits per heavy atom. The highest BCUT2D eigenvalue weighted by Crippen LogP contribution is 2.30. The molecule has 150 valence electrons. The Morgan fingerprint density at radius 3 is 2.83 bits per heavy atom. The first-order valence-corrected chi connectivity index (χ1v) is 11.1. The largest absolute Gasteiger partial charge is 0.348 e. The first kappa shape index (κ1) is 19.7. The van der Waals surface area contributed by atoms with Gasteiger partial charge in [0.25, 0.3) is 0 Å². The molecule has 0 saturated carbocycles. The van der Waals surface area contributed by atoms with Crippen LogP contribution < -0.4 is 5.32 Å². The van der Waals surface area contributed by atoms with Gasteiger partial charge in [0.2, 0.25) is 11.1 Å². The predicted molar refractivity (Wildman–Crippen MR) is 117 cm³/mol. The molecule has 1 heterocycles. The summed E-state index contributed by atoms with van der Waals surface area (Å²) in [5.41, 5.74) is 4.88. The number of amides is 1. The van der Waals surface area contributed by atoms with Crippen molar-refractivity contribution in [2.75, 3.05) is 0 Å². The average molecular weight is 407 g/mol. The van der Waals surface area contributed by atoms with Crippen molar-refractivity contribution in [2.45, 2.75) is 56.0 Å². The van der Waals surface area contributed by atoms with Gasteiger partial charge in [-0.1, -0.05) is 67.2 Å². The summed E-state index contributed by atoms with van der Waals surface area (Å²) in [6.07, 6.45) is 4.19. The first-order chi connectivity index (χ1) is 14.1. The molecule has 4 rings (SSSR count). The minimum Gasteiger partial charge on any atom is -0.348 e. The molecule has 2 aromatic carbocycles. The molecule has 0 aliphatic heterocycles. The molecule has 0 fully saturated rings. The van der Waals surface area contributed by atoms with Crippen LogP contribution in [-0.2, 0) is 17.6 Å². The number of aryl methyl sites for hydroxylation is 2. The second kappa shape index (κ2) is 8.82. The number of nitrogens with one attached hydrogen (secondary N) is 2. The summed E-state index contributed by atoms with van der Waals surface area (Å²) in [6.45, 7) is 4.04. The monoisotopic (exact) mass is 406 g/mol. The van der Waals surface area contributed by atoms with Crippen LogP contribution in [0, 0.1) is 0 Å². The Hall–Kier alpha value is -2.60. The molecule has 1 amide bonds. The zero-order chi connectivity index (χ0) is 20.2. The van der Waals surface area contributed by atoms with Crippen LogP contribution in [0.2, 0.25) is 0 Å². The van der Waals surface area contributed by atoms with Crippen LogP contribution in [-0.4, -0.2) is 26.3 Å². The summed E-state index contributed by atoms with van der Waals surface area (Å²) in [5.74, 6) is 0.749. The predicted octanol–water partition coefficient (Wildman–Crippen LogP) is 4.71. The van der Waals surface area contributed by atoms with Gasteiger partial charge in [-0.05, 0) is 49.3 Å². The molecule has 1 aliphatic rings. The highest BCUT2D eigenvalue weighted by molar-refractivity contribution is 8.00. The zero-order valence-electron chi connectivity index (χ0n) is 16.8. The fourth-order valence-corrected chi connectivity index (χ4v) is 4.46. The molecule has 0 spiro atoms. The van der Waals surface area contributed by atoms with E-state index in [-0.39, 0.29) is 17.2 Å². The van der Waals surface area contributed by atoms with Crippen LogP contribution in [0.25, 0.3) is 11.4 Å². The van der Waals surface area contributed by atoms with Crippen LogP contribution in [0.4, 0.5) is 0 Å². The molecular weight excluding hydrogens is 380 g/mol. The molecule has 0 saturated heterocycles. The van der Waals surface area contributed by atoms with Gasteiger partial charge in [0.15, 0.2) is 5.82 Å². The summed E-state index contributed by atoms with van der Waals surface area (Å²) in [5, 5.41) is 10.8. The van der Waals surface area contributed by atoms with Crippen molar-refractivity contribution in [1.82, 2.24) is 20.5 Å². The van der Waals surface area contributed by atoms with E-state index in [9.17, 15) is 4.79 Å². The molecule has 0 bridgehead atoms. The molecule has 5 nitrogen and oxygen atoms in total. The quantitative estimate of drug-likeness (QED) is 0.582. The number of carbonyl (C=O) groups excluding carboxylic acids is 1. The standard InChI is InChI=1S/C23H26N4OS/c1-3-16-11-13-18(14-12-16)21-25-23(27-26-21)29-15(2)22(28)24-20-10-6-8-17-7-4-5-9-19(17)20/h4-5,7,9,11-15,20H,3,6,8,10H2,1-2H3,(H,24,28)(H,25,26,27)/t15-,20-/m1/s1. The Labute approximate surface area is 175 Å². The minimum absolute atomic E-state index is 0.0235. The summed E-state index contributed by atoms with van der Waals surface area (Å²) < 4.78 is 0. The van der Waals surface area contributed by atoms with Crippen LogP contribution in [0.15, 0.2) is 53.7 Å². The number of thioether (sulfide) groups is 1. The highest BCUT2D eigenvalue weighted by atomic mass is 32.2. The third kappa shape index (κ3) is 4.53. The van der Waals surface area contributed by atoms with E-state index in [1.54, 1.807) is 0 Å². The number of nitrogens with zero attached hydrogens (tertiary/aromatic N) is 2. The SMILES string of the molecule is CCc1ccc(-c2nc(S[C@H](C)C(=O)N[C@@H]3CCCc4ccccc43)n[nH]2)cc1. The minimum atomic E-state index is -0.268. The van der Waals surface area contributed by atoms with Crippen LogP contribution in [0.3, 0.4) is 0 Å². The molecule has 3 aromatic rings. The summed E-state index contributed by atoms with van der Waals surface area (Å²) >= 11 is 1.38. The van der Waals surface area contributed by atoms with E-state index in [4.69, 9.17) is 0 Å². The van der Waals surface area contributed by atoms with Crippen molar-refractivity contribution in [3.63, 3.8) is 0 Å². The van der Waals surface area contributed by atoms with Gasteiger partial charge in [-0.25, -0.2) is 4.98 Å². The molecule has 2 N–H and O–H groups in total. The number of fused-ring (bicyclic) bond motifs is 1. The van der Waals surface area contributed by atoms with Crippen molar-refractivity contribution in [3.8, 4) is 11.4 Å². The number of aromatic amines is 1. The van der Waals surface area contributed by atoms with Crippen molar-refractivity contribution < 1.29 is 4.79 Å². The number of carbonyl (C=O) groups is 1. The van der Waals surface area contributed by atoms with Gasteiger partial charge in [-0.15, -0.1) is 5.10 Å². The van der Waals surface area contributed by atoms with Gasteiger partial charge in [0.05, 0.1) is 11.3 Å². The van der Waals surface area contributed by atoms with Gasteiger partial charge in [0, 0.05) is 5.56 Å². The Kier molecular flexibility index (Phi) is 6.00. The van der Waals surface area contributed by atoms with Gasteiger partial charge < -0.3 is 5.32 Å². The molecule has 1 aromatic heterocycles. The molecule has 6 heteroatoms. The second-order valence-corrected chi connectivity index (χ2v) is 8.74. The van der Waals surface area contributed by atoms with Crippen molar-refractivity contribution in [2.24, 2.45) is 0 Å². The lowest BCUT2D eigenvalue weighted by molar-refractivity contribution is -0.121. The Bertz CT molecular complexity index is 983. The third-order valence-corrected chi connectivity index (χ3v) is 6.40. The topological polar surface area (TPSA) is 70.7 Å². The normalized spacial score (nSPS) is 16.8. The van der Waals surface area contributed by atoms with Crippen molar-refractivity contribution in [3.05, 3.63) is 65.2 Å². The molecule has 0 unspecified atom stereocenters. The van der Waals surface area contributed by atoms with E-state index in [1.165, 1.54) is 28.5 Å². The lowest BCUT2D eigenvalue weighted by Crippen LogP contribution is -2.35. The number of benzene rings is 2. The van der Waals surface area contributed by atoms with Crippen LogP contribution in [0.5, 0.6) is 0 Å². The highest BCUT2D eigenvalue weighted by Gasteiger charge is 2.24. The number of H-pyrrole nitrogens is 1. The number of aromatic nitrogens is 3. The molecule has 29 heavy (non-hydrogen) atoms. The van der Waals surface area contributed by atoms with Crippen LogP contribution >= 0.6 is 11.8 Å². The fraction of sp³-hybridized carbons (Fsp3) is 0.348. The summed E-state index contributed by atoms with van der Waals surface area (Å²) in [6, 6.07) is 16.8. The van der Waals surface area contributed by atoms with Gasteiger partial charge in [-0.3, -0.25) is 9.89 Å². The molecular formula is C23H26N4OS. The van der Waals surface area contributed by atoms with Crippen LogP contribution in [0.1, 0.15) is 49.4 Å². The van der Waals surface area contributed by atoms with E-state index in [0.717, 1.165) is 37.1 Å². The lowest BCUT2D eigenvalue weighted by atomic mass is 9.88.